The number of aromatic amines is 1. The van der Waals surface area contributed by atoms with E-state index in [-0.39, 0.29) is 24.2 Å². The fourth-order valence-corrected chi connectivity index (χ4v) is 5.47. The third-order valence-electron chi connectivity index (χ3n) is 6.06. The first-order valence-electron chi connectivity index (χ1n) is 11.4. The molecule has 2 aliphatic rings. The van der Waals surface area contributed by atoms with Gasteiger partial charge >= 0.3 is 6.09 Å². The summed E-state index contributed by atoms with van der Waals surface area (Å²) in [5.74, 6) is 1.88. The van der Waals surface area contributed by atoms with E-state index in [0.717, 1.165) is 48.1 Å². The second-order valence-corrected chi connectivity index (χ2v) is 10.7. The van der Waals surface area contributed by atoms with Crippen LogP contribution >= 0.6 is 11.3 Å². The summed E-state index contributed by atoms with van der Waals surface area (Å²) in [7, 11) is 0. The molecule has 0 saturated carbocycles. The van der Waals surface area contributed by atoms with Crippen molar-refractivity contribution >= 4 is 45.4 Å². The lowest BCUT2D eigenvalue weighted by molar-refractivity contribution is -0.0199. The number of aryl methyl sites for hydroxylation is 1. The molecular formula is C22H30N8O2S. The third-order valence-corrected chi connectivity index (χ3v) is 6.78. The van der Waals surface area contributed by atoms with Crippen LogP contribution in [0.25, 0.3) is 10.3 Å². The number of thiazole rings is 1. The van der Waals surface area contributed by atoms with E-state index in [1.807, 2.05) is 38.7 Å². The highest BCUT2D eigenvalue weighted by molar-refractivity contribution is 7.16. The van der Waals surface area contributed by atoms with Crippen molar-refractivity contribution in [2.45, 2.75) is 83.5 Å². The van der Waals surface area contributed by atoms with Crippen LogP contribution in [0.3, 0.4) is 0 Å². The molecule has 5 rings (SSSR count). The van der Waals surface area contributed by atoms with E-state index in [1.165, 1.54) is 11.3 Å². The maximum absolute atomic E-state index is 12.9. The maximum Gasteiger partial charge on any atom is 0.410 e. The molecule has 0 aromatic carbocycles. The topological polar surface area (TPSA) is 121 Å². The van der Waals surface area contributed by atoms with Crippen LogP contribution in [-0.4, -0.2) is 59.9 Å². The molecular weight excluding hydrogens is 440 g/mol. The van der Waals surface area contributed by atoms with E-state index in [2.05, 4.69) is 25.8 Å². The number of anilines is 3. The molecule has 5 heterocycles. The van der Waals surface area contributed by atoms with Crippen LogP contribution < -0.4 is 10.6 Å². The molecule has 1 amide bonds. The summed E-state index contributed by atoms with van der Waals surface area (Å²) in [6.07, 6.45) is 4.63. The average Bonchev–Trinajstić information content (AvgIpc) is 3.35. The molecule has 176 valence electrons. The summed E-state index contributed by atoms with van der Waals surface area (Å²) >= 11 is 1.48. The minimum Gasteiger partial charge on any atom is -0.444 e. The van der Waals surface area contributed by atoms with Crippen LogP contribution in [0.2, 0.25) is 0 Å². The highest BCUT2D eigenvalue weighted by Gasteiger charge is 2.42. The van der Waals surface area contributed by atoms with Gasteiger partial charge < -0.3 is 20.3 Å². The molecule has 10 nitrogen and oxygen atoms in total. The van der Waals surface area contributed by atoms with Crippen LogP contribution in [0.5, 0.6) is 0 Å². The zero-order valence-corrected chi connectivity index (χ0v) is 20.2. The Labute approximate surface area is 196 Å². The summed E-state index contributed by atoms with van der Waals surface area (Å²) < 4.78 is 5.70. The lowest BCUT2D eigenvalue weighted by atomic mass is 9.82. The summed E-state index contributed by atoms with van der Waals surface area (Å²) in [5, 5.41) is 14.0. The predicted molar refractivity (Wildman–Crippen MR) is 128 cm³/mol. The number of hydrogen-bond donors (Lipinski definition) is 3. The number of amides is 1. The van der Waals surface area contributed by atoms with Crippen LogP contribution in [0, 0.1) is 6.92 Å². The molecule has 0 spiro atoms. The molecule has 3 atom stereocenters. The van der Waals surface area contributed by atoms with Crippen LogP contribution in [0.15, 0.2) is 11.6 Å². The molecule has 0 aliphatic carbocycles. The zero-order valence-electron chi connectivity index (χ0n) is 19.4. The van der Waals surface area contributed by atoms with Gasteiger partial charge in [0.2, 0.25) is 5.95 Å². The van der Waals surface area contributed by atoms with Crippen molar-refractivity contribution < 1.29 is 9.53 Å². The molecule has 2 aliphatic heterocycles. The van der Waals surface area contributed by atoms with E-state index in [4.69, 9.17) is 14.7 Å². The Morgan fingerprint density at radius 1 is 1.24 bits per heavy atom. The second kappa shape index (κ2) is 8.44. The van der Waals surface area contributed by atoms with E-state index in [9.17, 15) is 4.79 Å². The van der Waals surface area contributed by atoms with E-state index < -0.39 is 5.60 Å². The van der Waals surface area contributed by atoms with E-state index in [1.54, 1.807) is 5.51 Å². The molecule has 11 heteroatoms. The number of ether oxygens (including phenoxy) is 1. The first-order chi connectivity index (χ1) is 15.7. The van der Waals surface area contributed by atoms with Crippen molar-refractivity contribution in [1.82, 2.24) is 30.0 Å². The number of H-pyrrole nitrogens is 1. The van der Waals surface area contributed by atoms with Gasteiger partial charge in [0, 0.05) is 29.9 Å². The fraction of sp³-hybridized carbons (Fsp3) is 0.591. The Balaban J connectivity index is 1.34. The van der Waals surface area contributed by atoms with Gasteiger partial charge in [-0.25, -0.2) is 14.8 Å². The molecule has 2 bridgehead atoms. The summed E-state index contributed by atoms with van der Waals surface area (Å²) in [6.45, 7) is 7.69. The molecule has 3 aromatic rings. The first-order valence-corrected chi connectivity index (χ1v) is 12.3. The maximum atomic E-state index is 12.9. The molecule has 0 radical (unpaired) electrons. The Morgan fingerprint density at radius 2 is 2.00 bits per heavy atom. The van der Waals surface area contributed by atoms with E-state index >= 15 is 0 Å². The first kappa shape index (κ1) is 21.9. The molecule has 2 fully saturated rings. The molecule has 3 N–H and O–H groups in total. The minimum atomic E-state index is -0.491. The monoisotopic (exact) mass is 470 g/mol. The molecule has 1 unspecified atom stereocenters. The van der Waals surface area contributed by atoms with Crippen molar-refractivity contribution in [1.29, 1.82) is 0 Å². The number of fused-ring (bicyclic) bond motifs is 3. The number of hydrogen-bond acceptors (Lipinski definition) is 9. The summed E-state index contributed by atoms with van der Waals surface area (Å²) in [6, 6.07) is 2.44. The zero-order chi connectivity index (χ0) is 23.2. The smallest absolute Gasteiger partial charge is 0.410 e. The SMILES string of the molecule is Cc1cc(Nc2nc(NC3C[C@H]4CCC[C@@H](C3)N4C(=O)OC(C)(C)C)nc3scnc23)n[nH]1. The van der Waals surface area contributed by atoms with Crippen LogP contribution in [0.1, 0.15) is 58.6 Å². The number of rotatable bonds is 4. The van der Waals surface area contributed by atoms with Gasteiger partial charge in [-0.3, -0.25) is 5.10 Å². The lowest BCUT2D eigenvalue weighted by Gasteiger charge is -2.48. The van der Waals surface area contributed by atoms with Gasteiger partial charge in [0.25, 0.3) is 0 Å². The molecule has 33 heavy (non-hydrogen) atoms. The number of nitrogens with zero attached hydrogens (tertiary/aromatic N) is 5. The number of carbonyl (C=O) groups excluding carboxylic acids is 1. The van der Waals surface area contributed by atoms with Crippen LogP contribution in [-0.2, 0) is 4.74 Å². The van der Waals surface area contributed by atoms with Crippen molar-refractivity contribution in [3.05, 3.63) is 17.3 Å². The van der Waals surface area contributed by atoms with Crippen molar-refractivity contribution in [2.24, 2.45) is 0 Å². The van der Waals surface area contributed by atoms with Gasteiger partial charge in [-0.1, -0.05) is 0 Å². The van der Waals surface area contributed by atoms with Gasteiger partial charge in [-0.15, -0.1) is 11.3 Å². The van der Waals surface area contributed by atoms with Crippen LogP contribution in [0.4, 0.5) is 22.4 Å². The van der Waals surface area contributed by atoms with Crippen molar-refractivity contribution in [2.75, 3.05) is 10.6 Å². The Morgan fingerprint density at radius 3 is 2.67 bits per heavy atom. The largest absolute Gasteiger partial charge is 0.444 e. The summed E-state index contributed by atoms with van der Waals surface area (Å²) in [4.78, 5) is 29.5. The lowest BCUT2D eigenvalue weighted by Crippen LogP contribution is -2.58. The van der Waals surface area contributed by atoms with Gasteiger partial charge in [-0.05, 0) is 59.8 Å². The minimum absolute atomic E-state index is 0.168. The fourth-order valence-electron chi connectivity index (χ4n) is 4.81. The highest BCUT2D eigenvalue weighted by Crippen LogP contribution is 2.36. The Bertz CT molecular complexity index is 1140. The summed E-state index contributed by atoms with van der Waals surface area (Å²) in [5.41, 5.74) is 2.97. The quantitative estimate of drug-likeness (QED) is 0.506. The third kappa shape index (κ3) is 4.73. The van der Waals surface area contributed by atoms with Gasteiger partial charge in [-0.2, -0.15) is 10.1 Å². The number of carbonyl (C=O) groups is 1. The molecule has 3 aromatic heterocycles. The standard InChI is InChI=1S/C22H30N8O2S/c1-12-8-16(29-28-12)25-18-17-19(33-11-23-17)27-20(26-18)24-13-9-14-6-5-7-15(10-13)30(14)21(31)32-22(2,3)4/h8,11,13-15H,5-7,9-10H2,1-4H3,(H3,24,25,26,27,28,29)/t13?,14-,15+. The van der Waals surface area contributed by atoms with Gasteiger partial charge in [0.05, 0.1) is 5.51 Å². The van der Waals surface area contributed by atoms with Gasteiger partial charge in [0.1, 0.15) is 11.1 Å². The average molecular weight is 471 g/mol. The Kier molecular flexibility index (Phi) is 5.59. The van der Waals surface area contributed by atoms with Gasteiger partial charge in [0.15, 0.2) is 16.5 Å². The number of piperidine rings is 2. The molecule has 2 saturated heterocycles. The predicted octanol–water partition coefficient (Wildman–Crippen LogP) is 4.59. The second-order valence-electron chi connectivity index (χ2n) is 9.90. The van der Waals surface area contributed by atoms with E-state index in [0.29, 0.717) is 17.6 Å². The Hall–Kier alpha value is -2.95. The van der Waals surface area contributed by atoms with Crippen molar-refractivity contribution in [3.8, 4) is 0 Å². The van der Waals surface area contributed by atoms with Crippen molar-refractivity contribution in [3.63, 3.8) is 0 Å². The normalized spacial score (nSPS) is 22.9. The number of nitrogens with one attached hydrogen (secondary N) is 3. The number of aromatic nitrogens is 5. The highest BCUT2D eigenvalue weighted by atomic mass is 32.1.